The Bertz CT molecular complexity index is 3330. The van der Waals surface area contributed by atoms with Crippen LogP contribution in [0.4, 0.5) is 22.7 Å². The lowest BCUT2D eigenvalue weighted by molar-refractivity contribution is -0.129. The summed E-state index contributed by atoms with van der Waals surface area (Å²) in [6.07, 6.45) is 1.64. The number of amides is 1. The number of para-hydroxylation sites is 1. The second-order valence-corrected chi connectivity index (χ2v) is 22.6. The number of nitrogens with zero attached hydrogens (tertiary/aromatic N) is 3. The van der Waals surface area contributed by atoms with E-state index in [0.29, 0.717) is 29.4 Å². The lowest BCUT2D eigenvalue weighted by Crippen LogP contribution is -2.37. The van der Waals surface area contributed by atoms with Gasteiger partial charge >= 0.3 is 5.97 Å². The van der Waals surface area contributed by atoms with E-state index in [9.17, 15) is 14.7 Å². The second kappa shape index (κ2) is 17.6. The van der Waals surface area contributed by atoms with Gasteiger partial charge in [0.1, 0.15) is 0 Å². The number of anilines is 4. The van der Waals surface area contributed by atoms with E-state index in [1.165, 1.54) is 55.8 Å². The van der Waals surface area contributed by atoms with Gasteiger partial charge in [0, 0.05) is 47.4 Å². The van der Waals surface area contributed by atoms with Crippen LogP contribution >= 0.6 is 22.7 Å². The van der Waals surface area contributed by atoms with E-state index in [0.717, 1.165) is 47.1 Å². The molecule has 0 bridgehead atoms. The number of hydrogen-bond acceptors (Lipinski definition) is 6. The molecule has 0 fully saturated rings. The zero-order chi connectivity index (χ0) is 49.5. The smallest absolute Gasteiger partial charge is 0.357 e. The fourth-order valence-electron chi connectivity index (χ4n) is 12.8. The van der Waals surface area contributed by atoms with E-state index in [1.807, 2.05) is 18.2 Å². The Kier molecular flexibility index (Phi) is 11.5. The molecule has 11 rings (SSSR count). The Morgan fingerprint density at radius 1 is 0.535 bits per heavy atom. The van der Waals surface area contributed by atoms with Crippen LogP contribution in [0.1, 0.15) is 82.5 Å². The van der Waals surface area contributed by atoms with E-state index in [2.05, 4.69) is 187 Å². The van der Waals surface area contributed by atoms with E-state index < -0.39 is 11.9 Å². The molecular formula is C63H57N3O3S2. The minimum atomic E-state index is -1.24. The fraction of sp³-hybridized carbons (Fsp3) is 0.222. The first-order chi connectivity index (χ1) is 34.2. The second-order valence-electron chi connectivity index (χ2n) is 20.4. The van der Waals surface area contributed by atoms with Gasteiger partial charge in [-0.25, -0.2) is 4.79 Å². The van der Waals surface area contributed by atoms with Gasteiger partial charge in [0.25, 0.3) is 5.91 Å². The number of benzene rings is 6. The molecule has 0 unspecified atom stereocenters. The molecule has 71 heavy (non-hydrogen) atoms. The van der Waals surface area contributed by atoms with Gasteiger partial charge in [-0.1, -0.05) is 146 Å². The molecule has 0 radical (unpaired) electrons. The van der Waals surface area contributed by atoms with Crippen LogP contribution in [0, 0.1) is 23.7 Å². The molecule has 354 valence electrons. The summed E-state index contributed by atoms with van der Waals surface area (Å²) in [7, 11) is 0. The molecule has 8 heteroatoms. The molecule has 0 saturated carbocycles. The number of carboxylic acids is 1. The van der Waals surface area contributed by atoms with Crippen molar-refractivity contribution in [1.82, 2.24) is 0 Å². The highest BCUT2D eigenvalue weighted by Gasteiger charge is 2.49. The van der Waals surface area contributed by atoms with Crippen LogP contribution in [-0.2, 0) is 20.4 Å². The van der Waals surface area contributed by atoms with Gasteiger partial charge < -0.3 is 10.0 Å². The lowest BCUT2D eigenvalue weighted by atomic mass is 9.63. The van der Waals surface area contributed by atoms with Crippen molar-refractivity contribution < 1.29 is 14.7 Å². The summed E-state index contributed by atoms with van der Waals surface area (Å²) in [6, 6.07) is 58.7. The van der Waals surface area contributed by atoms with Crippen molar-refractivity contribution in [3.8, 4) is 42.4 Å². The number of fused-ring (bicyclic) bond motifs is 6. The van der Waals surface area contributed by atoms with Gasteiger partial charge in [-0.2, -0.15) is 10.1 Å². The average molecular weight is 968 g/mol. The number of carboxylic acid groups (broad SMARTS) is 1. The topological polar surface area (TPSA) is 73.2 Å². The van der Waals surface area contributed by atoms with Crippen LogP contribution in [0.5, 0.6) is 0 Å². The van der Waals surface area contributed by atoms with Crippen LogP contribution in [0.25, 0.3) is 48.5 Å². The highest BCUT2D eigenvalue weighted by atomic mass is 32.1. The minimum absolute atomic E-state index is 0.0593. The Hall–Kier alpha value is -7.13. The number of thiophene rings is 2. The SMILES string of the molecule is CC(C)C1(C(C)C)c2ccccc2-c2ccc(N(c3ccc(-c4ccc(-c5ccc(C=C6C(=O)N(c7ccccc7)N=C6C(=O)O)s5)s4)cc3)c3ccc4c(c3)C(C(C)C)(C(C)C)c3ccccc3-4)cc21. The van der Waals surface area contributed by atoms with Crippen LogP contribution in [0.15, 0.2) is 174 Å². The molecule has 6 aromatic carbocycles. The Balaban J connectivity index is 0.975. The van der Waals surface area contributed by atoms with Crippen LogP contribution in [0.2, 0.25) is 0 Å². The minimum Gasteiger partial charge on any atom is -0.476 e. The Labute approximate surface area is 425 Å². The van der Waals surface area contributed by atoms with Crippen molar-refractivity contribution in [2.24, 2.45) is 28.8 Å². The molecule has 0 saturated heterocycles. The number of hydrazone groups is 1. The highest BCUT2D eigenvalue weighted by Crippen LogP contribution is 2.60. The van der Waals surface area contributed by atoms with Gasteiger partial charge in [0.15, 0.2) is 5.71 Å². The van der Waals surface area contributed by atoms with Crippen LogP contribution in [-0.4, -0.2) is 22.7 Å². The van der Waals surface area contributed by atoms with Crippen molar-refractivity contribution in [3.63, 3.8) is 0 Å². The molecule has 1 amide bonds. The fourth-order valence-corrected chi connectivity index (χ4v) is 14.8. The van der Waals surface area contributed by atoms with E-state index in [1.54, 1.807) is 41.7 Å². The largest absolute Gasteiger partial charge is 0.476 e. The maximum Gasteiger partial charge on any atom is 0.357 e. The highest BCUT2D eigenvalue weighted by molar-refractivity contribution is 7.24. The number of aliphatic carboxylic acids is 1. The van der Waals surface area contributed by atoms with Crippen molar-refractivity contribution in [3.05, 3.63) is 196 Å². The summed E-state index contributed by atoms with van der Waals surface area (Å²) in [4.78, 5) is 32.2. The summed E-state index contributed by atoms with van der Waals surface area (Å²) in [5.74, 6) is -0.213. The van der Waals surface area contributed by atoms with E-state index >= 15 is 0 Å². The van der Waals surface area contributed by atoms with E-state index in [-0.39, 0.29) is 22.1 Å². The Morgan fingerprint density at radius 2 is 1.00 bits per heavy atom. The van der Waals surface area contributed by atoms with Crippen molar-refractivity contribution >= 4 is 69.1 Å². The number of rotatable bonds is 12. The third-order valence-electron chi connectivity index (χ3n) is 15.6. The molecule has 2 aliphatic carbocycles. The predicted molar refractivity (Wildman–Crippen MR) is 297 cm³/mol. The third-order valence-corrected chi connectivity index (χ3v) is 18.0. The molecule has 0 atom stereocenters. The number of carbonyl (C=O) groups is 2. The molecule has 1 N–H and O–H groups in total. The molecular weight excluding hydrogens is 911 g/mol. The van der Waals surface area contributed by atoms with Crippen molar-refractivity contribution in [2.45, 2.75) is 66.2 Å². The van der Waals surface area contributed by atoms with Gasteiger partial charge in [0.2, 0.25) is 0 Å². The molecule has 2 aromatic heterocycles. The zero-order valence-electron chi connectivity index (χ0n) is 41.4. The van der Waals surface area contributed by atoms with Gasteiger partial charge in [-0.05, 0) is 153 Å². The Morgan fingerprint density at radius 3 is 1.54 bits per heavy atom. The predicted octanol–water partition coefficient (Wildman–Crippen LogP) is 16.6. The summed E-state index contributed by atoms with van der Waals surface area (Å²) in [5, 5.41) is 15.3. The van der Waals surface area contributed by atoms with Gasteiger partial charge in [0.05, 0.1) is 11.3 Å². The number of carbonyl (C=O) groups excluding carboxylic acids is 1. The van der Waals surface area contributed by atoms with Gasteiger partial charge in [-0.3, -0.25) is 4.79 Å². The lowest BCUT2D eigenvalue weighted by Gasteiger charge is -2.41. The molecule has 6 nitrogen and oxygen atoms in total. The standard InChI is InChI=1S/C63H57N3O3S2/c1-37(2)62(38(3)4)52-20-14-12-18-47(52)49-29-26-44(34-54(49)62)65(45-27-30-50-48-19-13-15-21-53(48)63(39(5)6,40(7)8)55(50)35-45)42-24-22-41(23-25-42)56-32-33-58(71-56)57-31-28-46(70-57)36-51-59(61(68)69)64-66(60(51)67)43-16-10-9-11-17-43/h9-40H,1-8H3,(H,68,69). The maximum atomic E-state index is 13.5. The molecule has 3 heterocycles. The average Bonchev–Trinajstić information content (AvgIpc) is 4.21. The normalized spacial score (nSPS) is 15.7. The molecule has 3 aliphatic rings. The quantitative estimate of drug-likeness (QED) is 0.124. The van der Waals surface area contributed by atoms with Crippen LogP contribution < -0.4 is 9.91 Å². The van der Waals surface area contributed by atoms with E-state index in [4.69, 9.17) is 0 Å². The monoisotopic (exact) mass is 967 g/mol. The first kappa shape index (κ1) is 46.3. The first-order valence-corrected chi connectivity index (χ1v) is 26.4. The zero-order valence-corrected chi connectivity index (χ0v) is 43.0. The first-order valence-electron chi connectivity index (χ1n) is 24.8. The van der Waals surface area contributed by atoms with Crippen molar-refractivity contribution in [2.75, 3.05) is 9.91 Å². The summed E-state index contributed by atoms with van der Waals surface area (Å²) in [5.41, 5.74) is 15.5. The summed E-state index contributed by atoms with van der Waals surface area (Å²) >= 11 is 3.23. The molecule has 8 aromatic rings. The number of hydrogen-bond donors (Lipinski definition) is 1. The molecule has 1 aliphatic heterocycles. The summed E-state index contributed by atoms with van der Waals surface area (Å²) in [6.45, 7) is 19.1. The van der Waals surface area contributed by atoms with Crippen LogP contribution in [0.3, 0.4) is 0 Å². The third kappa shape index (κ3) is 7.12. The van der Waals surface area contributed by atoms with Crippen molar-refractivity contribution in [1.29, 1.82) is 0 Å². The molecule has 0 spiro atoms. The van der Waals surface area contributed by atoms with Gasteiger partial charge in [-0.15, -0.1) is 22.7 Å². The summed E-state index contributed by atoms with van der Waals surface area (Å²) < 4.78 is 0. The maximum absolute atomic E-state index is 13.5.